The first-order chi connectivity index (χ1) is 10.2. The Kier molecular flexibility index (Phi) is 4.18. The number of nitrogens with zero attached hydrogens (tertiary/aromatic N) is 3. The largest absolute Gasteiger partial charge is 0.432 e. The van der Waals surface area contributed by atoms with Crippen LogP contribution in [0.3, 0.4) is 0 Å². The molecule has 0 bridgehead atoms. The van der Waals surface area contributed by atoms with Gasteiger partial charge in [0.2, 0.25) is 0 Å². The second kappa shape index (κ2) is 5.76. The van der Waals surface area contributed by atoms with E-state index in [-0.39, 0.29) is 5.69 Å². The highest BCUT2D eigenvalue weighted by atomic mass is 19.4. The van der Waals surface area contributed by atoms with Crippen molar-refractivity contribution < 1.29 is 13.2 Å². The number of aromatic nitrogens is 2. The second-order valence-corrected chi connectivity index (χ2v) is 4.65. The summed E-state index contributed by atoms with van der Waals surface area (Å²) in [5.41, 5.74) is 5.59. The molecule has 0 aliphatic heterocycles. The SMILES string of the molecule is [B]c1cnn(-c2ccc(/C(N)=C/N(C)N)cc2)c1C(F)(F)F. The molecule has 0 saturated heterocycles. The molecule has 0 aliphatic rings. The molecule has 0 aliphatic carbocycles. The van der Waals surface area contributed by atoms with Gasteiger partial charge in [-0.2, -0.15) is 18.3 Å². The van der Waals surface area contributed by atoms with Gasteiger partial charge in [-0.15, -0.1) is 0 Å². The third-order valence-corrected chi connectivity index (χ3v) is 2.85. The number of hydrogen-bond acceptors (Lipinski definition) is 4. The fraction of sp³-hybridized carbons (Fsp3) is 0.154. The maximum atomic E-state index is 13.0. The van der Waals surface area contributed by atoms with E-state index < -0.39 is 17.3 Å². The third kappa shape index (κ3) is 3.25. The van der Waals surface area contributed by atoms with Gasteiger partial charge < -0.3 is 10.7 Å². The summed E-state index contributed by atoms with van der Waals surface area (Å²) in [6.07, 6.45) is -2.14. The van der Waals surface area contributed by atoms with Crippen LogP contribution in [0.1, 0.15) is 11.3 Å². The maximum Gasteiger partial charge on any atom is 0.432 e. The molecule has 1 aromatic carbocycles. The molecule has 0 atom stereocenters. The summed E-state index contributed by atoms with van der Waals surface area (Å²) < 4.78 is 39.7. The molecular formula is C13H13BF3N5. The van der Waals surface area contributed by atoms with Gasteiger partial charge in [0, 0.05) is 19.4 Å². The number of hydrogen-bond donors (Lipinski definition) is 2. The molecule has 0 unspecified atom stereocenters. The van der Waals surface area contributed by atoms with Crippen molar-refractivity contribution in [2.24, 2.45) is 11.6 Å². The Balaban J connectivity index is 2.41. The number of halogens is 3. The molecule has 0 fully saturated rings. The fourth-order valence-electron chi connectivity index (χ4n) is 1.93. The first kappa shape index (κ1) is 16.0. The van der Waals surface area contributed by atoms with Gasteiger partial charge in [0.25, 0.3) is 0 Å². The third-order valence-electron chi connectivity index (χ3n) is 2.85. The van der Waals surface area contributed by atoms with Crippen molar-refractivity contribution in [3.05, 3.63) is 47.9 Å². The van der Waals surface area contributed by atoms with Gasteiger partial charge in [0.15, 0.2) is 0 Å². The van der Waals surface area contributed by atoms with Crippen LogP contribution in [0, 0.1) is 0 Å². The molecule has 0 saturated carbocycles. The van der Waals surface area contributed by atoms with Crippen molar-refractivity contribution in [3.8, 4) is 5.69 Å². The second-order valence-electron chi connectivity index (χ2n) is 4.65. The highest BCUT2D eigenvalue weighted by molar-refractivity contribution is 6.33. The summed E-state index contributed by atoms with van der Waals surface area (Å²) in [5, 5.41) is 4.95. The van der Waals surface area contributed by atoms with E-state index in [1.807, 2.05) is 0 Å². The van der Waals surface area contributed by atoms with Crippen LogP contribution >= 0.6 is 0 Å². The topological polar surface area (TPSA) is 73.1 Å². The molecule has 2 radical (unpaired) electrons. The number of alkyl halides is 3. The van der Waals surface area contributed by atoms with Gasteiger partial charge >= 0.3 is 6.18 Å². The first-order valence-electron chi connectivity index (χ1n) is 6.16. The smallest absolute Gasteiger partial charge is 0.397 e. The lowest BCUT2D eigenvalue weighted by atomic mass is 9.96. The fourth-order valence-corrected chi connectivity index (χ4v) is 1.93. The van der Waals surface area contributed by atoms with Crippen LogP contribution in [-0.4, -0.2) is 29.7 Å². The van der Waals surface area contributed by atoms with E-state index in [4.69, 9.17) is 19.4 Å². The van der Waals surface area contributed by atoms with Crippen molar-refractivity contribution >= 4 is 19.0 Å². The minimum atomic E-state index is -4.60. The molecule has 22 heavy (non-hydrogen) atoms. The van der Waals surface area contributed by atoms with E-state index in [9.17, 15) is 13.2 Å². The highest BCUT2D eigenvalue weighted by Gasteiger charge is 2.36. The number of benzene rings is 1. The molecule has 2 rings (SSSR count). The predicted molar refractivity (Wildman–Crippen MR) is 78.1 cm³/mol. The molecule has 114 valence electrons. The van der Waals surface area contributed by atoms with E-state index in [0.717, 1.165) is 10.9 Å². The zero-order chi connectivity index (χ0) is 16.5. The van der Waals surface area contributed by atoms with Crippen molar-refractivity contribution in [1.29, 1.82) is 0 Å². The van der Waals surface area contributed by atoms with Crippen LogP contribution in [0.15, 0.2) is 36.7 Å². The Bertz CT molecular complexity index is 689. The Morgan fingerprint density at radius 2 is 1.91 bits per heavy atom. The zero-order valence-electron chi connectivity index (χ0n) is 11.7. The van der Waals surface area contributed by atoms with Gasteiger partial charge in [-0.1, -0.05) is 12.1 Å². The Morgan fingerprint density at radius 1 is 1.32 bits per heavy atom. The standard InChI is InChI=1S/C13H13BF3N5/c1-21(19)7-11(18)8-2-4-9(5-3-8)22-12(13(15,16)17)10(14)6-20-22/h2-7H,18-19H2,1H3/b11-7-. The summed E-state index contributed by atoms with van der Waals surface area (Å²) in [7, 11) is 6.95. The Labute approximate surface area is 126 Å². The van der Waals surface area contributed by atoms with Crippen LogP contribution in [0.5, 0.6) is 0 Å². The summed E-state index contributed by atoms with van der Waals surface area (Å²) in [4.78, 5) is 0. The average molecular weight is 307 g/mol. The van der Waals surface area contributed by atoms with Crippen LogP contribution in [0.25, 0.3) is 11.4 Å². The molecule has 4 N–H and O–H groups in total. The number of rotatable bonds is 3. The minimum Gasteiger partial charge on any atom is -0.397 e. The molecule has 0 amide bonds. The first-order valence-corrected chi connectivity index (χ1v) is 6.16. The van der Waals surface area contributed by atoms with Crippen molar-refractivity contribution in [2.45, 2.75) is 6.18 Å². The van der Waals surface area contributed by atoms with Crippen LogP contribution in [0.4, 0.5) is 13.2 Å². The quantitative estimate of drug-likeness (QED) is 0.498. The van der Waals surface area contributed by atoms with Gasteiger partial charge in [-0.25, -0.2) is 10.5 Å². The predicted octanol–water partition coefficient (Wildman–Crippen LogP) is 0.748. The summed E-state index contributed by atoms with van der Waals surface area (Å²) in [6.45, 7) is 0. The highest BCUT2D eigenvalue weighted by Crippen LogP contribution is 2.29. The molecule has 2 aromatic rings. The van der Waals surface area contributed by atoms with E-state index in [1.54, 1.807) is 19.2 Å². The Hall–Kier alpha value is -2.42. The summed E-state index contributed by atoms with van der Waals surface area (Å²) in [5.74, 6) is 5.45. The van der Waals surface area contributed by atoms with E-state index >= 15 is 0 Å². The monoisotopic (exact) mass is 307 g/mol. The average Bonchev–Trinajstić information content (AvgIpc) is 2.80. The molecular weight excluding hydrogens is 294 g/mol. The van der Waals surface area contributed by atoms with Gasteiger partial charge in [-0.3, -0.25) is 0 Å². The lowest BCUT2D eigenvalue weighted by Gasteiger charge is -2.13. The molecule has 9 heteroatoms. The normalized spacial score (nSPS) is 12.5. The number of nitrogens with two attached hydrogens (primary N) is 2. The zero-order valence-corrected chi connectivity index (χ0v) is 11.7. The van der Waals surface area contributed by atoms with E-state index in [0.29, 0.717) is 11.3 Å². The molecule has 0 spiro atoms. The van der Waals surface area contributed by atoms with Gasteiger partial charge in [-0.05, 0) is 23.2 Å². The molecule has 5 nitrogen and oxygen atoms in total. The maximum absolute atomic E-state index is 13.0. The van der Waals surface area contributed by atoms with Crippen molar-refractivity contribution in [2.75, 3.05) is 7.05 Å². The van der Waals surface area contributed by atoms with Crippen LogP contribution in [-0.2, 0) is 6.18 Å². The molecule has 1 aromatic heterocycles. The van der Waals surface area contributed by atoms with Crippen LogP contribution < -0.4 is 17.0 Å². The Morgan fingerprint density at radius 3 is 2.41 bits per heavy atom. The van der Waals surface area contributed by atoms with Crippen LogP contribution in [0.2, 0.25) is 0 Å². The summed E-state index contributed by atoms with van der Waals surface area (Å²) in [6, 6.07) is 6.08. The van der Waals surface area contributed by atoms with Crippen molar-refractivity contribution in [1.82, 2.24) is 14.8 Å². The summed E-state index contributed by atoms with van der Waals surface area (Å²) >= 11 is 0. The number of hydrazine groups is 1. The van der Waals surface area contributed by atoms with Crippen molar-refractivity contribution in [3.63, 3.8) is 0 Å². The minimum absolute atomic E-state index is 0.224. The van der Waals surface area contributed by atoms with Gasteiger partial charge in [0.1, 0.15) is 13.5 Å². The lowest BCUT2D eigenvalue weighted by molar-refractivity contribution is -0.141. The lowest BCUT2D eigenvalue weighted by Crippen LogP contribution is -2.22. The van der Waals surface area contributed by atoms with E-state index in [1.165, 1.54) is 23.3 Å². The molecule has 1 heterocycles. The van der Waals surface area contributed by atoms with Gasteiger partial charge in [0.05, 0.1) is 11.4 Å². The van der Waals surface area contributed by atoms with E-state index in [2.05, 4.69) is 5.10 Å².